The average Bonchev–Trinajstić information content (AvgIpc) is 3.63. The van der Waals surface area contributed by atoms with E-state index in [0.29, 0.717) is 51.6 Å². The topological polar surface area (TPSA) is 160 Å². The van der Waals surface area contributed by atoms with Crippen LogP contribution >= 0.6 is 0 Å². The van der Waals surface area contributed by atoms with E-state index in [1.54, 1.807) is 27.5 Å². The number of para-hydroxylation sites is 1. The molecule has 262 valence electrons. The summed E-state index contributed by atoms with van der Waals surface area (Å²) in [7, 11) is -3.53. The van der Waals surface area contributed by atoms with Crippen LogP contribution in [0, 0.1) is 6.92 Å². The summed E-state index contributed by atoms with van der Waals surface area (Å²) < 4.78 is 43.5. The van der Waals surface area contributed by atoms with Gasteiger partial charge in [-0.05, 0) is 49.7 Å². The molecule has 6 rings (SSSR count). The maximum absolute atomic E-state index is 14.0. The first-order valence-corrected chi connectivity index (χ1v) is 21.7. The number of aromatic nitrogens is 7. The number of hydrogen-bond acceptors (Lipinski definition) is 10. The van der Waals surface area contributed by atoms with E-state index in [-0.39, 0.29) is 23.9 Å². The van der Waals surface area contributed by atoms with Gasteiger partial charge in [0, 0.05) is 44.4 Å². The molecule has 0 aliphatic rings. The first kappa shape index (κ1) is 34.8. The van der Waals surface area contributed by atoms with Gasteiger partial charge < -0.3 is 19.4 Å². The van der Waals surface area contributed by atoms with Gasteiger partial charge in [-0.3, -0.25) is 14.1 Å². The zero-order valence-corrected chi connectivity index (χ0v) is 30.9. The van der Waals surface area contributed by atoms with Crippen molar-refractivity contribution < 1.29 is 17.9 Å². The number of hydrogen-bond donors (Lipinski definition) is 2. The molecule has 0 spiro atoms. The Hall–Kier alpha value is -5.06. The highest BCUT2D eigenvalue weighted by Crippen LogP contribution is 2.37. The van der Waals surface area contributed by atoms with Gasteiger partial charge in [0.25, 0.3) is 5.56 Å². The van der Waals surface area contributed by atoms with Crippen LogP contribution in [0.15, 0.2) is 72.2 Å². The van der Waals surface area contributed by atoms with Crippen molar-refractivity contribution in [2.45, 2.75) is 52.3 Å². The van der Waals surface area contributed by atoms with Crippen LogP contribution in [-0.4, -0.2) is 70.2 Å². The van der Waals surface area contributed by atoms with Crippen molar-refractivity contribution in [1.82, 2.24) is 33.7 Å². The lowest BCUT2D eigenvalue weighted by molar-refractivity contribution is 0.0899. The number of benzene rings is 1. The number of ether oxygens (including phenoxy) is 2. The summed E-state index contributed by atoms with van der Waals surface area (Å²) in [6.45, 7) is 11.5. The van der Waals surface area contributed by atoms with Crippen molar-refractivity contribution in [2.24, 2.45) is 0 Å². The molecule has 5 aromatic heterocycles. The fraction of sp³-hybridized carbons (Fsp3) is 0.324. The van der Waals surface area contributed by atoms with E-state index < -0.39 is 24.1 Å². The van der Waals surface area contributed by atoms with Gasteiger partial charge >= 0.3 is 0 Å². The Morgan fingerprint density at radius 2 is 1.82 bits per heavy atom. The van der Waals surface area contributed by atoms with Crippen molar-refractivity contribution in [2.75, 3.05) is 30.0 Å². The second-order valence-corrected chi connectivity index (χ2v) is 20.8. The fourth-order valence-corrected chi connectivity index (χ4v) is 7.04. The average molecular weight is 716 g/mol. The summed E-state index contributed by atoms with van der Waals surface area (Å²) >= 11 is 0. The molecule has 1 unspecified atom stereocenters. The molecule has 1 aromatic carbocycles. The minimum Gasteiger partial charge on any atom is -0.480 e. The van der Waals surface area contributed by atoms with Gasteiger partial charge in [-0.15, -0.1) is 0 Å². The number of rotatable bonds is 13. The summed E-state index contributed by atoms with van der Waals surface area (Å²) in [5.41, 5.74) is 3.87. The highest BCUT2D eigenvalue weighted by Gasteiger charge is 2.24. The molecule has 0 fully saturated rings. The summed E-state index contributed by atoms with van der Waals surface area (Å²) in [5.74, 6) is 1.07. The highest BCUT2D eigenvalue weighted by molar-refractivity contribution is 7.92. The van der Waals surface area contributed by atoms with Crippen LogP contribution in [0.3, 0.4) is 0 Å². The lowest BCUT2D eigenvalue weighted by Crippen LogP contribution is -2.29. The maximum Gasteiger partial charge on any atom is 0.282 e. The molecule has 2 N–H and O–H groups in total. The van der Waals surface area contributed by atoms with Gasteiger partial charge in [0.1, 0.15) is 35.7 Å². The van der Waals surface area contributed by atoms with Crippen LogP contribution in [0.4, 0.5) is 11.5 Å². The van der Waals surface area contributed by atoms with Gasteiger partial charge in [-0.25, -0.2) is 27.9 Å². The van der Waals surface area contributed by atoms with E-state index in [9.17, 15) is 13.2 Å². The third kappa shape index (κ3) is 7.27. The van der Waals surface area contributed by atoms with Crippen LogP contribution in [-0.2, 0) is 21.5 Å². The monoisotopic (exact) mass is 715 g/mol. The summed E-state index contributed by atoms with van der Waals surface area (Å²) in [4.78, 5) is 27.7. The lowest BCUT2D eigenvalue weighted by atomic mass is 10.1. The van der Waals surface area contributed by atoms with Crippen LogP contribution in [0.5, 0.6) is 5.88 Å². The van der Waals surface area contributed by atoms with E-state index in [4.69, 9.17) is 14.6 Å². The molecule has 6 aromatic rings. The Morgan fingerprint density at radius 3 is 2.52 bits per heavy atom. The van der Waals surface area contributed by atoms with Crippen molar-refractivity contribution in [3.63, 3.8) is 0 Å². The van der Waals surface area contributed by atoms with E-state index in [2.05, 4.69) is 44.6 Å². The second-order valence-electron chi connectivity index (χ2n) is 13.4. The third-order valence-corrected chi connectivity index (χ3v) is 10.5. The van der Waals surface area contributed by atoms with E-state index in [0.717, 1.165) is 17.9 Å². The molecule has 0 saturated heterocycles. The Bertz CT molecular complexity index is 2350. The fourth-order valence-electron chi connectivity index (χ4n) is 5.73. The van der Waals surface area contributed by atoms with E-state index in [1.807, 2.05) is 61.0 Å². The lowest BCUT2D eigenvalue weighted by Gasteiger charge is -2.20. The number of methoxy groups -OCH3 is 1. The number of aryl methyl sites for hydroxylation is 1. The SMILES string of the molecule is COc1ncc(-c2cn(COCC[Si](C)(C)C)c3ncnc(NC(C)c4nn5ccc(C)c5c(=O)n4-c4ccccc4)c23)cc1NS(C)(=O)=O. The highest BCUT2D eigenvalue weighted by atomic mass is 32.2. The zero-order valence-electron chi connectivity index (χ0n) is 29.1. The number of sulfonamides is 1. The summed E-state index contributed by atoms with van der Waals surface area (Å²) in [5, 5.41) is 9.05. The number of pyridine rings is 1. The molecule has 0 aliphatic heterocycles. The van der Waals surface area contributed by atoms with Crippen LogP contribution < -0.4 is 20.3 Å². The molecule has 5 heterocycles. The summed E-state index contributed by atoms with van der Waals surface area (Å²) in [6.07, 6.45) is 7.81. The van der Waals surface area contributed by atoms with Gasteiger partial charge in [0.2, 0.25) is 15.9 Å². The summed E-state index contributed by atoms with van der Waals surface area (Å²) in [6, 6.07) is 13.4. The Morgan fingerprint density at radius 1 is 1.06 bits per heavy atom. The van der Waals surface area contributed by atoms with Gasteiger partial charge in [0.15, 0.2) is 5.82 Å². The third-order valence-electron chi connectivity index (χ3n) is 8.20. The van der Waals surface area contributed by atoms with Crippen LogP contribution in [0.1, 0.15) is 24.4 Å². The molecule has 0 saturated carbocycles. The largest absolute Gasteiger partial charge is 0.480 e. The second kappa shape index (κ2) is 13.7. The number of nitrogens with zero attached hydrogens (tertiary/aromatic N) is 7. The first-order valence-electron chi connectivity index (χ1n) is 16.1. The molecule has 16 heteroatoms. The van der Waals surface area contributed by atoms with E-state index in [1.165, 1.54) is 13.4 Å². The number of fused-ring (bicyclic) bond motifs is 2. The number of nitrogens with one attached hydrogen (secondary N) is 2. The standard InChI is InChI=1S/C34H41N9O5SSi/c1-22-13-14-42-29(22)34(44)43(25-11-9-8-10-12-25)31(39-42)23(2)38-30-28-26(24-17-27(40-49(4,45)46)33(47-3)35-18-24)19-41(32(28)37-20-36-30)21-48-15-16-50(5,6)7/h8-14,17-20,23,40H,15-16,21H2,1-7H3,(H,36,37,38). The van der Waals surface area contributed by atoms with Crippen molar-refractivity contribution in [3.05, 3.63) is 89.1 Å². The van der Waals surface area contributed by atoms with Crippen LogP contribution in [0.2, 0.25) is 25.7 Å². The maximum atomic E-state index is 14.0. The van der Waals surface area contributed by atoms with E-state index >= 15 is 0 Å². The van der Waals surface area contributed by atoms with Crippen molar-refractivity contribution in [3.8, 4) is 22.7 Å². The van der Waals surface area contributed by atoms with Gasteiger partial charge in [-0.1, -0.05) is 37.8 Å². The molecule has 0 bridgehead atoms. The Kier molecular flexibility index (Phi) is 9.52. The molecule has 0 aliphatic carbocycles. The van der Waals surface area contributed by atoms with Crippen molar-refractivity contribution >= 4 is 46.2 Å². The molecule has 50 heavy (non-hydrogen) atoms. The Labute approximate surface area is 291 Å². The minimum absolute atomic E-state index is 0.126. The zero-order chi connectivity index (χ0) is 35.8. The van der Waals surface area contributed by atoms with Crippen LogP contribution in [0.25, 0.3) is 33.4 Å². The van der Waals surface area contributed by atoms with Gasteiger partial charge in [-0.2, -0.15) is 5.10 Å². The number of anilines is 2. The molecule has 1 atom stereocenters. The molecule has 0 radical (unpaired) electrons. The molecular weight excluding hydrogens is 675 g/mol. The molecular formula is C34H41N9O5SSi. The predicted octanol–water partition coefficient (Wildman–Crippen LogP) is 5.47. The Balaban J connectivity index is 1.48. The normalized spacial score (nSPS) is 12.8. The first-order chi connectivity index (χ1) is 23.7. The predicted molar refractivity (Wildman–Crippen MR) is 197 cm³/mol. The van der Waals surface area contributed by atoms with Gasteiger partial charge in [0.05, 0.1) is 30.5 Å². The van der Waals surface area contributed by atoms with Crippen molar-refractivity contribution in [1.29, 1.82) is 0 Å². The molecule has 0 amide bonds. The minimum atomic E-state index is -3.64. The smallest absolute Gasteiger partial charge is 0.282 e. The quantitative estimate of drug-likeness (QED) is 0.116. The molecule has 14 nitrogen and oxygen atoms in total.